The standard InChI is InChI=1S/C35H25F5O4S/c1-42-26-8-7-9-27(22-26)44-35(40,33(36)34(37,38)39)43-25-18-14-24(15-19-25)32(41)31-13-6-5-12-30(31)23-16-20-29(21-17-23)45-28-10-3-2-4-11-28/h2-22,33H,1H3. The van der Waals surface area contributed by atoms with E-state index in [1.54, 1.807) is 36.0 Å². The fourth-order valence-electron chi connectivity index (χ4n) is 4.40. The summed E-state index contributed by atoms with van der Waals surface area (Å²) in [6.07, 6.45) is -9.81. The second-order valence-corrected chi connectivity index (χ2v) is 10.9. The Morgan fingerprint density at radius 2 is 1.27 bits per heavy atom. The molecule has 0 aromatic heterocycles. The van der Waals surface area contributed by atoms with E-state index in [2.05, 4.69) is 0 Å². The van der Waals surface area contributed by atoms with Gasteiger partial charge in [0, 0.05) is 27.0 Å². The SMILES string of the molecule is COc1cccc(OC(F)(Oc2ccc(C(=O)c3ccccc3-c3ccc(Sc4ccccc4)cc3)cc2)C(F)C(F)(F)F)c1. The van der Waals surface area contributed by atoms with Gasteiger partial charge in [0.25, 0.3) is 0 Å². The van der Waals surface area contributed by atoms with Crippen LogP contribution in [-0.4, -0.2) is 31.3 Å². The molecular weight excluding hydrogens is 611 g/mol. The van der Waals surface area contributed by atoms with Crippen molar-refractivity contribution in [1.29, 1.82) is 0 Å². The Kier molecular flexibility index (Phi) is 9.43. The normalized spacial score (nSPS) is 13.4. The van der Waals surface area contributed by atoms with Gasteiger partial charge in [0.2, 0.25) is 0 Å². The molecule has 5 aromatic rings. The number of hydrogen-bond donors (Lipinski definition) is 0. The van der Waals surface area contributed by atoms with Gasteiger partial charge in [-0.1, -0.05) is 72.4 Å². The Bertz CT molecular complexity index is 1750. The third-order valence-electron chi connectivity index (χ3n) is 6.58. The van der Waals surface area contributed by atoms with Crippen LogP contribution in [0.2, 0.25) is 0 Å². The molecule has 0 spiro atoms. The molecule has 0 heterocycles. The van der Waals surface area contributed by atoms with Crippen LogP contribution in [0, 0.1) is 0 Å². The van der Waals surface area contributed by atoms with Gasteiger partial charge in [-0.3, -0.25) is 4.79 Å². The first-order chi connectivity index (χ1) is 21.6. The van der Waals surface area contributed by atoms with Crippen LogP contribution in [0.5, 0.6) is 17.2 Å². The van der Waals surface area contributed by atoms with Crippen molar-refractivity contribution in [2.24, 2.45) is 0 Å². The molecule has 0 aliphatic carbocycles. The minimum atomic E-state index is -5.65. The lowest BCUT2D eigenvalue weighted by Gasteiger charge is -2.30. The molecule has 0 aliphatic heterocycles. The van der Waals surface area contributed by atoms with Gasteiger partial charge in [-0.25, -0.2) is 4.39 Å². The fraction of sp³-hybridized carbons (Fsp3) is 0.114. The molecule has 2 atom stereocenters. The highest BCUT2D eigenvalue weighted by Crippen LogP contribution is 2.38. The van der Waals surface area contributed by atoms with Crippen LogP contribution >= 0.6 is 11.8 Å². The number of rotatable bonds is 11. The van der Waals surface area contributed by atoms with Crippen LogP contribution < -0.4 is 14.2 Å². The maximum Gasteiger partial charge on any atom is 0.449 e. The minimum absolute atomic E-state index is 0.141. The summed E-state index contributed by atoms with van der Waals surface area (Å²) in [5.74, 6) is -1.21. The molecule has 0 radical (unpaired) electrons. The molecule has 0 fully saturated rings. The summed E-state index contributed by atoms with van der Waals surface area (Å²) in [5.41, 5.74) is 1.99. The minimum Gasteiger partial charge on any atom is -0.497 e. The van der Waals surface area contributed by atoms with Crippen molar-refractivity contribution < 1.29 is 41.0 Å². The lowest BCUT2D eigenvalue weighted by molar-refractivity contribution is -0.325. The Labute approximate surface area is 260 Å². The number of halogens is 5. The predicted molar refractivity (Wildman–Crippen MR) is 161 cm³/mol. The van der Waals surface area contributed by atoms with E-state index in [0.29, 0.717) is 11.1 Å². The summed E-state index contributed by atoms with van der Waals surface area (Å²) < 4.78 is 84.4. The van der Waals surface area contributed by atoms with Crippen LogP contribution in [0.3, 0.4) is 0 Å². The van der Waals surface area contributed by atoms with Gasteiger partial charge in [0.05, 0.1) is 7.11 Å². The van der Waals surface area contributed by atoms with Crippen molar-refractivity contribution in [1.82, 2.24) is 0 Å². The summed E-state index contributed by atoms with van der Waals surface area (Å²) in [5, 5.41) is 0. The predicted octanol–water partition coefficient (Wildman–Crippen LogP) is 9.73. The largest absolute Gasteiger partial charge is 0.497 e. The molecule has 0 N–H and O–H groups in total. The Morgan fingerprint density at radius 1 is 0.667 bits per heavy atom. The monoisotopic (exact) mass is 636 g/mol. The molecule has 0 saturated heterocycles. The number of carbonyl (C=O) groups excluding carboxylic acids is 1. The molecule has 5 rings (SSSR count). The van der Waals surface area contributed by atoms with Gasteiger partial charge in [-0.2, -0.15) is 17.6 Å². The van der Waals surface area contributed by atoms with Gasteiger partial charge in [-0.05, 0) is 71.8 Å². The number of hydrogen-bond acceptors (Lipinski definition) is 5. The van der Waals surface area contributed by atoms with Gasteiger partial charge in [0.1, 0.15) is 17.2 Å². The summed E-state index contributed by atoms with van der Waals surface area (Å²) in [6.45, 7) is 0. The summed E-state index contributed by atoms with van der Waals surface area (Å²) in [4.78, 5) is 15.6. The number of alkyl halides is 5. The highest BCUT2D eigenvalue weighted by atomic mass is 32.2. The Balaban J connectivity index is 1.36. The zero-order valence-corrected chi connectivity index (χ0v) is 24.4. The molecule has 2 unspecified atom stereocenters. The highest BCUT2D eigenvalue weighted by Gasteiger charge is 2.61. The topological polar surface area (TPSA) is 44.8 Å². The van der Waals surface area contributed by atoms with Crippen LogP contribution in [0.25, 0.3) is 11.1 Å². The van der Waals surface area contributed by atoms with Crippen molar-refractivity contribution in [2.75, 3.05) is 7.11 Å². The second-order valence-electron chi connectivity index (χ2n) is 9.71. The molecule has 4 nitrogen and oxygen atoms in total. The van der Waals surface area contributed by atoms with E-state index in [-0.39, 0.29) is 11.3 Å². The van der Waals surface area contributed by atoms with Gasteiger partial charge < -0.3 is 14.2 Å². The number of ketones is 1. The third-order valence-corrected chi connectivity index (χ3v) is 7.59. The van der Waals surface area contributed by atoms with Crippen LogP contribution in [-0.2, 0) is 0 Å². The zero-order valence-electron chi connectivity index (χ0n) is 23.6. The summed E-state index contributed by atoms with van der Waals surface area (Å²) in [7, 11) is 1.29. The van der Waals surface area contributed by atoms with Crippen molar-refractivity contribution in [3.63, 3.8) is 0 Å². The third kappa shape index (κ3) is 7.64. The molecule has 0 amide bonds. The summed E-state index contributed by atoms with van der Waals surface area (Å²) in [6, 6.07) is 29.9. The zero-order chi connectivity index (χ0) is 32.0. The second kappa shape index (κ2) is 13.4. The van der Waals surface area contributed by atoms with E-state index in [1.807, 2.05) is 54.6 Å². The molecule has 5 aromatic carbocycles. The van der Waals surface area contributed by atoms with Gasteiger partial charge >= 0.3 is 18.4 Å². The number of carbonyl (C=O) groups is 1. The van der Waals surface area contributed by atoms with E-state index < -0.39 is 35.7 Å². The molecule has 10 heteroatoms. The lowest BCUT2D eigenvalue weighted by atomic mass is 9.94. The first kappa shape index (κ1) is 31.6. The van der Waals surface area contributed by atoms with Crippen LogP contribution in [0.1, 0.15) is 15.9 Å². The molecular formula is C35H25F5O4S. The molecule has 0 aliphatic rings. The quantitative estimate of drug-likeness (QED) is 0.0821. The number of ether oxygens (including phenoxy) is 3. The maximum atomic E-state index is 15.6. The van der Waals surface area contributed by atoms with E-state index in [0.717, 1.165) is 39.6 Å². The van der Waals surface area contributed by atoms with Gasteiger partial charge in [-0.15, -0.1) is 0 Å². The van der Waals surface area contributed by atoms with Crippen LogP contribution in [0.4, 0.5) is 22.0 Å². The maximum absolute atomic E-state index is 15.6. The molecule has 230 valence electrons. The lowest BCUT2D eigenvalue weighted by Crippen LogP contribution is -2.53. The smallest absolute Gasteiger partial charge is 0.449 e. The molecule has 0 bridgehead atoms. The average Bonchev–Trinajstić information content (AvgIpc) is 3.05. The van der Waals surface area contributed by atoms with Gasteiger partial charge in [0.15, 0.2) is 5.78 Å². The fourth-order valence-corrected chi connectivity index (χ4v) is 5.23. The van der Waals surface area contributed by atoms with Crippen molar-refractivity contribution >= 4 is 17.5 Å². The van der Waals surface area contributed by atoms with E-state index in [9.17, 15) is 22.4 Å². The van der Waals surface area contributed by atoms with E-state index in [4.69, 9.17) is 14.2 Å². The first-order valence-corrected chi connectivity index (χ1v) is 14.4. The van der Waals surface area contributed by atoms with Crippen molar-refractivity contribution in [3.8, 4) is 28.4 Å². The number of benzene rings is 5. The van der Waals surface area contributed by atoms with Crippen LogP contribution in [0.15, 0.2) is 137 Å². The first-order valence-electron chi connectivity index (χ1n) is 13.5. The number of methoxy groups -OCH3 is 1. The average molecular weight is 637 g/mol. The summed E-state index contributed by atoms with van der Waals surface area (Å²) >= 11 is 1.60. The molecule has 0 saturated carbocycles. The van der Waals surface area contributed by atoms with E-state index in [1.165, 1.54) is 31.4 Å². The van der Waals surface area contributed by atoms with E-state index >= 15 is 4.39 Å². The Hall–Kier alpha value is -4.83. The highest BCUT2D eigenvalue weighted by molar-refractivity contribution is 7.99. The van der Waals surface area contributed by atoms with Crippen molar-refractivity contribution in [3.05, 3.63) is 139 Å². The molecule has 45 heavy (non-hydrogen) atoms. The Morgan fingerprint density at radius 3 is 1.93 bits per heavy atom. The van der Waals surface area contributed by atoms with Crippen molar-refractivity contribution in [2.45, 2.75) is 28.2 Å².